The van der Waals surface area contributed by atoms with Crippen molar-refractivity contribution in [2.45, 2.75) is 71.2 Å². The van der Waals surface area contributed by atoms with Crippen molar-refractivity contribution in [3.8, 4) is 0 Å². The van der Waals surface area contributed by atoms with E-state index in [-0.39, 0.29) is 0 Å². The van der Waals surface area contributed by atoms with Crippen LogP contribution < -0.4 is 0 Å². The zero-order valence-electron chi connectivity index (χ0n) is 14.1. The van der Waals surface area contributed by atoms with Crippen LogP contribution in [0.1, 0.15) is 47.0 Å². The lowest BCUT2D eigenvalue weighted by Gasteiger charge is -2.37. The molecule has 0 saturated heterocycles. The molecule has 114 valence electrons. The topological polar surface area (TPSA) is 18.5 Å². The van der Waals surface area contributed by atoms with Crippen LogP contribution in [-0.4, -0.2) is 28.1 Å². The zero-order valence-corrected chi connectivity index (χ0v) is 15.1. The lowest BCUT2D eigenvalue weighted by molar-refractivity contribution is 0.0886. The van der Waals surface area contributed by atoms with Crippen LogP contribution in [0.5, 0.6) is 0 Å². The Bertz CT molecular complexity index is 256. The molecule has 0 aliphatic carbocycles. The molecule has 0 N–H and O–H groups in total. The molecule has 0 radical (unpaired) electrons. The predicted molar refractivity (Wildman–Crippen MR) is 87.2 cm³/mol. The second-order valence-electron chi connectivity index (χ2n) is 7.14. The summed E-state index contributed by atoms with van der Waals surface area (Å²) in [6.45, 7) is 18.4. The van der Waals surface area contributed by atoms with E-state index in [4.69, 9.17) is 9.16 Å². The van der Waals surface area contributed by atoms with Gasteiger partial charge in [-0.15, -0.1) is 6.58 Å². The number of ether oxygens (including phenoxy) is 1. The normalized spacial score (nSPS) is 16.2. The smallest absolute Gasteiger partial charge is 0.191 e. The number of rotatable bonds is 9. The van der Waals surface area contributed by atoms with Crippen molar-refractivity contribution in [2.24, 2.45) is 5.92 Å². The molecule has 0 aromatic carbocycles. The van der Waals surface area contributed by atoms with E-state index in [1.165, 1.54) is 0 Å². The van der Waals surface area contributed by atoms with Crippen LogP contribution in [0.15, 0.2) is 12.7 Å². The molecule has 0 fully saturated rings. The van der Waals surface area contributed by atoms with Crippen LogP contribution in [0.2, 0.25) is 18.1 Å². The summed E-state index contributed by atoms with van der Waals surface area (Å²) in [5.41, 5.74) is 0. The predicted octanol–water partition coefficient (Wildman–Crippen LogP) is 5.02. The van der Waals surface area contributed by atoms with E-state index in [9.17, 15) is 0 Å². The molecular formula is C16H34O2Si. The SMILES string of the molecule is C=CC[C@@H](CC[C@@H](C)CO[Si](C)(C)C(C)(C)C)OC. The van der Waals surface area contributed by atoms with Crippen molar-refractivity contribution < 1.29 is 9.16 Å². The highest BCUT2D eigenvalue weighted by molar-refractivity contribution is 6.74. The molecular weight excluding hydrogens is 252 g/mol. The molecule has 0 bridgehead atoms. The van der Waals surface area contributed by atoms with Crippen LogP contribution in [0, 0.1) is 5.92 Å². The fraction of sp³-hybridized carbons (Fsp3) is 0.875. The summed E-state index contributed by atoms with van der Waals surface area (Å²) in [5.74, 6) is 0.594. The maximum atomic E-state index is 6.26. The minimum absolute atomic E-state index is 0.296. The Kier molecular flexibility index (Phi) is 8.17. The molecule has 0 spiro atoms. The highest BCUT2D eigenvalue weighted by Crippen LogP contribution is 2.36. The second-order valence-corrected chi connectivity index (χ2v) is 11.9. The van der Waals surface area contributed by atoms with Crippen molar-refractivity contribution in [2.75, 3.05) is 13.7 Å². The Morgan fingerprint density at radius 1 is 1.21 bits per heavy atom. The van der Waals surface area contributed by atoms with Gasteiger partial charge in [0.05, 0.1) is 6.10 Å². The summed E-state index contributed by atoms with van der Waals surface area (Å²) in [5, 5.41) is 0.296. The van der Waals surface area contributed by atoms with Crippen LogP contribution in [0.4, 0.5) is 0 Å². The second kappa shape index (κ2) is 8.23. The summed E-state index contributed by atoms with van der Waals surface area (Å²) in [7, 11) is 0.188. The average molecular weight is 287 g/mol. The van der Waals surface area contributed by atoms with Crippen molar-refractivity contribution >= 4 is 8.32 Å². The Labute approximate surface area is 121 Å². The Balaban J connectivity index is 4.05. The first-order valence-corrected chi connectivity index (χ1v) is 10.3. The van der Waals surface area contributed by atoms with E-state index in [1.807, 2.05) is 6.08 Å². The Morgan fingerprint density at radius 2 is 1.79 bits per heavy atom. The molecule has 0 aliphatic rings. The Morgan fingerprint density at radius 3 is 2.21 bits per heavy atom. The molecule has 0 aromatic rings. The van der Waals surface area contributed by atoms with Crippen LogP contribution in [0.25, 0.3) is 0 Å². The van der Waals surface area contributed by atoms with E-state index < -0.39 is 8.32 Å². The van der Waals surface area contributed by atoms with Crippen LogP contribution in [0.3, 0.4) is 0 Å². The van der Waals surface area contributed by atoms with Gasteiger partial charge < -0.3 is 9.16 Å². The van der Waals surface area contributed by atoms with Gasteiger partial charge in [0.1, 0.15) is 0 Å². The van der Waals surface area contributed by atoms with Gasteiger partial charge in [-0.1, -0.05) is 33.8 Å². The minimum atomic E-state index is -1.59. The molecule has 0 heterocycles. The van der Waals surface area contributed by atoms with Gasteiger partial charge in [0, 0.05) is 13.7 Å². The fourth-order valence-electron chi connectivity index (χ4n) is 1.64. The minimum Gasteiger partial charge on any atom is -0.417 e. The van der Waals surface area contributed by atoms with Crippen LogP contribution in [-0.2, 0) is 9.16 Å². The van der Waals surface area contributed by atoms with E-state index in [1.54, 1.807) is 7.11 Å². The maximum Gasteiger partial charge on any atom is 0.191 e. The lowest BCUT2D eigenvalue weighted by Crippen LogP contribution is -2.41. The average Bonchev–Trinajstić information content (AvgIpc) is 2.30. The molecule has 0 aromatic heterocycles. The lowest BCUT2D eigenvalue weighted by atomic mass is 10.0. The molecule has 2 atom stereocenters. The van der Waals surface area contributed by atoms with E-state index in [2.05, 4.69) is 47.4 Å². The van der Waals surface area contributed by atoms with E-state index in [0.29, 0.717) is 17.1 Å². The largest absolute Gasteiger partial charge is 0.417 e. The quantitative estimate of drug-likeness (QED) is 0.438. The van der Waals surface area contributed by atoms with Gasteiger partial charge in [-0.2, -0.15) is 0 Å². The van der Waals surface area contributed by atoms with Crippen molar-refractivity contribution in [1.82, 2.24) is 0 Å². The molecule has 0 rings (SSSR count). The standard InChI is InChI=1S/C16H34O2Si/c1-9-10-15(17-6)12-11-14(2)13-18-19(7,8)16(3,4)5/h9,14-15H,1,10-13H2,2-8H3/t14-,15+/m1/s1. The summed E-state index contributed by atoms with van der Waals surface area (Å²) in [6, 6.07) is 0. The highest BCUT2D eigenvalue weighted by Gasteiger charge is 2.37. The maximum absolute atomic E-state index is 6.26. The van der Waals surface area contributed by atoms with Crippen molar-refractivity contribution in [3.63, 3.8) is 0 Å². The highest BCUT2D eigenvalue weighted by atomic mass is 28.4. The van der Waals surface area contributed by atoms with Gasteiger partial charge in [0.15, 0.2) is 8.32 Å². The van der Waals surface area contributed by atoms with Gasteiger partial charge >= 0.3 is 0 Å². The third-order valence-corrected chi connectivity index (χ3v) is 8.78. The number of hydrogen-bond acceptors (Lipinski definition) is 2. The summed E-state index contributed by atoms with van der Waals surface area (Å²) < 4.78 is 11.7. The summed E-state index contributed by atoms with van der Waals surface area (Å²) in [4.78, 5) is 0. The third kappa shape index (κ3) is 7.28. The molecule has 19 heavy (non-hydrogen) atoms. The van der Waals surface area contributed by atoms with Gasteiger partial charge in [-0.25, -0.2) is 0 Å². The zero-order chi connectivity index (χ0) is 15.1. The number of hydrogen-bond donors (Lipinski definition) is 0. The summed E-state index contributed by atoms with van der Waals surface area (Å²) >= 11 is 0. The van der Waals surface area contributed by atoms with Gasteiger partial charge in [0.2, 0.25) is 0 Å². The molecule has 2 nitrogen and oxygen atoms in total. The van der Waals surface area contributed by atoms with Gasteiger partial charge in [-0.05, 0) is 43.3 Å². The van der Waals surface area contributed by atoms with Crippen molar-refractivity contribution in [3.05, 3.63) is 12.7 Å². The molecule has 0 amide bonds. The Hall–Kier alpha value is -0.123. The third-order valence-electron chi connectivity index (χ3n) is 4.28. The monoisotopic (exact) mass is 286 g/mol. The molecule has 3 heteroatoms. The first-order valence-electron chi connectivity index (χ1n) is 7.41. The number of methoxy groups -OCH3 is 1. The molecule has 0 aliphatic heterocycles. The van der Waals surface area contributed by atoms with Gasteiger partial charge in [0.25, 0.3) is 0 Å². The first kappa shape index (κ1) is 18.9. The van der Waals surface area contributed by atoms with Crippen molar-refractivity contribution in [1.29, 1.82) is 0 Å². The molecule has 0 saturated carbocycles. The fourth-order valence-corrected chi connectivity index (χ4v) is 2.77. The summed E-state index contributed by atoms with van der Waals surface area (Å²) in [6.07, 6.45) is 5.43. The molecule has 0 unspecified atom stereocenters. The van der Waals surface area contributed by atoms with Crippen LogP contribution >= 0.6 is 0 Å². The van der Waals surface area contributed by atoms with E-state index >= 15 is 0 Å². The first-order chi connectivity index (χ1) is 8.64. The van der Waals surface area contributed by atoms with E-state index in [0.717, 1.165) is 25.9 Å². The van der Waals surface area contributed by atoms with Gasteiger partial charge in [-0.3, -0.25) is 0 Å².